The number of esters is 3. The highest BCUT2D eigenvalue weighted by Crippen LogP contribution is 2.63. The molecule has 3 aliphatic carbocycles. The average Bonchev–Trinajstić information content (AvgIpc) is 2.70. The first-order valence-electron chi connectivity index (χ1n) is 12.4. The number of rotatable bonds is 3. The van der Waals surface area contributed by atoms with Crippen LogP contribution < -0.4 is 0 Å². The summed E-state index contributed by atoms with van der Waals surface area (Å²) in [5.41, 5.74) is -1.67. The van der Waals surface area contributed by atoms with Gasteiger partial charge in [-0.05, 0) is 42.7 Å². The summed E-state index contributed by atoms with van der Waals surface area (Å²) in [6.07, 6.45) is -2.78. The Hall–Kier alpha value is -1.97. The number of fused-ring (bicyclic) bond motifs is 5. The number of hydrogen-bond donors (Lipinski definition) is 2. The zero-order valence-corrected chi connectivity index (χ0v) is 21.6. The third-order valence-corrected chi connectivity index (χ3v) is 9.11. The Morgan fingerprint density at radius 3 is 2.11 bits per heavy atom. The molecule has 35 heavy (non-hydrogen) atoms. The van der Waals surface area contributed by atoms with Gasteiger partial charge >= 0.3 is 17.9 Å². The molecule has 0 spiro atoms. The number of hydrogen-bond acceptors (Lipinski definition) is 9. The molecule has 0 aromatic rings. The maximum Gasteiger partial charge on any atom is 0.303 e. The normalized spacial score (nSPS) is 44.0. The van der Waals surface area contributed by atoms with Crippen molar-refractivity contribution in [1.29, 1.82) is 0 Å². The van der Waals surface area contributed by atoms with Gasteiger partial charge in [0.25, 0.3) is 0 Å². The summed E-state index contributed by atoms with van der Waals surface area (Å²) in [5, 5.41) is 23.1. The van der Waals surface area contributed by atoms with Crippen molar-refractivity contribution in [2.45, 2.75) is 104 Å². The highest BCUT2D eigenvalue weighted by molar-refractivity contribution is 5.68. The predicted octanol–water partition coefficient (Wildman–Crippen LogP) is 2.06. The van der Waals surface area contributed by atoms with E-state index in [4.69, 9.17) is 18.9 Å². The molecule has 9 atom stereocenters. The van der Waals surface area contributed by atoms with E-state index in [0.717, 1.165) is 0 Å². The van der Waals surface area contributed by atoms with E-state index in [1.807, 2.05) is 20.8 Å². The molecule has 2 saturated carbocycles. The summed E-state index contributed by atoms with van der Waals surface area (Å²) >= 11 is 0. The number of carbonyl (C=O) groups is 3. The summed E-state index contributed by atoms with van der Waals surface area (Å²) in [6.45, 7) is 11.6. The first-order valence-corrected chi connectivity index (χ1v) is 12.4. The van der Waals surface area contributed by atoms with Gasteiger partial charge in [-0.2, -0.15) is 0 Å². The fourth-order valence-electron chi connectivity index (χ4n) is 7.62. The molecule has 9 nitrogen and oxygen atoms in total. The molecule has 0 radical (unpaired) electrons. The van der Waals surface area contributed by atoms with Crippen molar-refractivity contribution in [3.63, 3.8) is 0 Å². The van der Waals surface area contributed by atoms with Crippen LogP contribution >= 0.6 is 0 Å². The minimum absolute atomic E-state index is 0.0537. The molecule has 0 amide bonds. The Bertz CT molecular complexity index is 954. The second-order valence-corrected chi connectivity index (χ2v) is 11.6. The zero-order valence-electron chi connectivity index (χ0n) is 21.6. The molecule has 9 heteroatoms. The van der Waals surface area contributed by atoms with Crippen molar-refractivity contribution in [2.24, 2.45) is 22.7 Å². The number of carbonyl (C=O) groups excluding carboxylic acids is 3. The van der Waals surface area contributed by atoms with Gasteiger partial charge in [0.1, 0.15) is 17.8 Å². The van der Waals surface area contributed by atoms with E-state index >= 15 is 0 Å². The molecule has 1 aliphatic heterocycles. The Morgan fingerprint density at radius 2 is 1.60 bits per heavy atom. The SMILES string of the molecule is CC(=O)O[C@@H]1[C@@H]2C[C@H](O)C(C)=C([C@@H](OC(C)=O)[C@H](OC(C)=O)[C@]3(C)CC[C@H]4OC[C@@]4(O)[C@@H]13)C2(C)C. The van der Waals surface area contributed by atoms with Crippen molar-refractivity contribution in [3.05, 3.63) is 11.1 Å². The maximum atomic E-state index is 12.4. The van der Waals surface area contributed by atoms with Gasteiger partial charge in [-0.3, -0.25) is 14.4 Å². The third-order valence-electron chi connectivity index (χ3n) is 9.11. The largest absolute Gasteiger partial charge is 0.462 e. The lowest BCUT2D eigenvalue weighted by atomic mass is 9.46. The van der Waals surface area contributed by atoms with Gasteiger partial charge < -0.3 is 29.2 Å². The van der Waals surface area contributed by atoms with Crippen LogP contribution in [0.5, 0.6) is 0 Å². The second-order valence-electron chi connectivity index (χ2n) is 11.6. The van der Waals surface area contributed by atoms with E-state index in [1.54, 1.807) is 6.92 Å². The Morgan fingerprint density at radius 1 is 1.00 bits per heavy atom. The lowest BCUT2D eigenvalue weighted by molar-refractivity contribution is -0.335. The monoisotopic (exact) mass is 494 g/mol. The van der Waals surface area contributed by atoms with E-state index < -0.39 is 76.7 Å². The van der Waals surface area contributed by atoms with Crippen molar-refractivity contribution in [1.82, 2.24) is 0 Å². The van der Waals surface area contributed by atoms with E-state index in [1.165, 1.54) is 20.8 Å². The Labute approximate surface area is 206 Å². The van der Waals surface area contributed by atoms with Crippen LogP contribution in [0.3, 0.4) is 0 Å². The van der Waals surface area contributed by atoms with Gasteiger partial charge in [0.2, 0.25) is 0 Å². The molecule has 2 N–H and O–H groups in total. The number of aliphatic hydroxyl groups is 2. The summed E-state index contributed by atoms with van der Waals surface area (Å²) in [5.74, 6) is -2.69. The number of ether oxygens (including phenoxy) is 4. The van der Waals surface area contributed by atoms with Gasteiger partial charge in [0.15, 0.2) is 6.10 Å². The second kappa shape index (κ2) is 8.56. The highest BCUT2D eigenvalue weighted by atomic mass is 16.6. The van der Waals surface area contributed by atoms with E-state index in [-0.39, 0.29) is 6.61 Å². The quantitative estimate of drug-likeness (QED) is 0.344. The Kier molecular flexibility index (Phi) is 6.38. The summed E-state index contributed by atoms with van der Waals surface area (Å²) in [6, 6.07) is 0. The molecule has 4 aliphatic rings. The fraction of sp³-hybridized carbons (Fsp3) is 0.808. The minimum Gasteiger partial charge on any atom is -0.462 e. The Balaban J connectivity index is 2.04. The molecular weight excluding hydrogens is 456 g/mol. The first kappa shape index (κ1) is 26.1. The van der Waals surface area contributed by atoms with Gasteiger partial charge in [-0.15, -0.1) is 0 Å². The molecule has 1 heterocycles. The molecule has 0 unspecified atom stereocenters. The van der Waals surface area contributed by atoms with E-state index in [9.17, 15) is 24.6 Å². The summed E-state index contributed by atoms with van der Waals surface area (Å²) in [4.78, 5) is 37.2. The minimum atomic E-state index is -1.33. The van der Waals surface area contributed by atoms with Gasteiger partial charge in [0.05, 0.1) is 18.8 Å². The molecule has 4 rings (SSSR count). The molecule has 3 fully saturated rings. The predicted molar refractivity (Wildman–Crippen MR) is 123 cm³/mol. The van der Waals surface area contributed by atoms with Crippen molar-refractivity contribution in [3.8, 4) is 0 Å². The molecule has 0 aromatic carbocycles. The third kappa shape index (κ3) is 3.90. The topological polar surface area (TPSA) is 129 Å². The smallest absolute Gasteiger partial charge is 0.303 e. The summed E-state index contributed by atoms with van der Waals surface area (Å²) in [7, 11) is 0. The fourth-order valence-corrected chi connectivity index (χ4v) is 7.62. The maximum absolute atomic E-state index is 12.4. The van der Waals surface area contributed by atoms with Crippen LogP contribution in [-0.2, 0) is 33.3 Å². The van der Waals surface area contributed by atoms with E-state index in [0.29, 0.717) is 30.4 Å². The standard InChI is InChI=1S/C26H38O9/c1-12-17(30)10-16-20(33-13(2)27)22-25(7,9-8-18-26(22,31)11-32-18)23(35-15(4)29)21(34-14(3)28)19(12)24(16,5)6/h16-18,20-23,30-31H,8-11H2,1-7H3/t16-,17-,18+,20+,21+,22-,23-,25+,26-/m0/s1. The van der Waals surface area contributed by atoms with Crippen molar-refractivity contribution >= 4 is 17.9 Å². The molecule has 196 valence electrons. The molecule has 1 saturated heterocycles. The van der Waals surface area contributed by atoms with Crippen LogP contribution in [-0.4, -0.2) is 70.8 Å². The number of aliphatic hydroxyl groups excluding tert-OH is 1. The molecule has 2 bridgehead atoms. The van der Waals surface area contributed by atoms with Crippen LogP contribution in [0.25, 0.3) is 0 Å². The lowest BCUT2D eigenvalue weighted by Crippen LogP contribution is -2.76. The van der Waals surface area contributed by atoms with Crippen molar-refractivity contribution < 1.29 is 43.5 Å². The van der Waals surface area contributed by atoms with Crippen LogP contribution in [0.1, 0.15) is 67.7 Å². The molecule has 0 aromatic heterocycles. The summed E-state index contributed by atoms with van der Waals surface area (Å²) < 4.78 is 23.6. The lowest BCUT2D eigenvalue weighted by Gasteiger charge is -2.66. The van der Waals surface area contributed by atoms with Crippen LogP contribution in [0.2, 0.25) is 0 Å². The highest BCUT2D eigenvalue weighted by Gasteiger charge is 2.71. The molecular formula is C26H38O9. The first-order chi connectivity index (χ1) is 16.1. The van der Waals surface area contributed by atoms with E-state index in [2.05, 4.69) is 0 Å². The van der Waals surface area contributed by atoms with Gasteiger partial charge in [-0.1, -0.05) is 20.8 Å². The van der Waals surface area contributed by atoms with Crippen LogP contribution in [0.4, 0.5) is 0 Å². The van der Waals surface area contributed by atoms with Gasteiger partial charge in [-0.25, -0.2) is 0 Å². The van der Waals surface area contributed by atoms with Crippen LogP contribution in [0, 0.1) is 22.7 Å². The zero-order chi connectivity index (χ0) is 26.1. The average molecular weight is 495 g/mol. The van der Waals surface area contributed by atoms with Crippen molar-refractivity contribution in [2.75, 3.05) is 6.61 Å². The van der Waals surface area contributed by atoms with Gasteiger partial charge in [0, 0.05) is 38.0 Å². The van der Waals surface area contributed by atoms with Crippen LogP contribution in [0.15, 0.2) is 11.1 Å².